The molecule has 0 amide bonds. The molecule has 1 heterocycles. The summed E-state index contributed by atoms with van der Waals surface area (Å²) in [6.07, 6.45) is 4.91. The molecule has 4 nitrogen and oxygen atoms in total. The zero-order valence-electron chi connectivity index (χ0n) is 15.8. The normalized spacial score (nSPS) is 11.3. The van der Waals surface area contributed by atoms with Gasteiger partial charge in [-0.1, -0.05) is 0 Å². The summed E-state index contributed by atoms with van der Waals surface area (Å²) >= 11 is 1.62. The Kier molecular flexibility index (Phi) is 5.51. The van der Waals surface area contributed by atoms with Gasteiger partial charge in [0.05, 0.1) is 5.56 Å². The molecule has 27 heavy (non-hydrogen) atoms. The van der Waals surface area contributed by atoms with E-state index in [0.29, 0.717) is 16.7 Å². The summed E-state index contributed by atoms with van der Waals surface area (Å²) in [6, 6.07) is 13.0. The van der Waals surface area contributed by atoms with Gasteiger partial charge in [-0.2, -0.15) is 0 Å². The molecule has 0 radical (unpaired) electrons. The molecule has 0 unspecified atom stereocenters. The first-order valence-electron chi connectivity index (χ1n) is 8.51. The fourth-order valence-electron chi connectivity index (χ4n) is 2.90. The summed E-state index contributed by atoms with van der Waals surface area (Å²) in [6.45, 7) is 2.01. The SMILES string of the molecule is CSc1ccc(C(=O)/C=C/c2cc3cc(C)c(N(C)C)cc3oc2=O)cc1. The van der Waals surface area contributed by atoms with Gasteiger partial charge in [0, 0.05) is 41.7 Å². The van der Waals surface area contributed by atoms with E-state index < -0.39 is 5.63 Å². The van der Waals surface area contributed by atoms with Crippen molar-refractivity contribution >= 4 is 40.3 Å². The summed E-state index contributed by atoms with van der Waals surface area (Å²) < 4.78 is 5.46. The van der Waals surface area contributed by atoms with Gasteiger partial charge in [0.25, 0.3) is 0 Å². The molecule has 0 spiro atoms. The van der Waals surface area contributed by atoms with Crippen LogP contribution in [0.1, 0.15) is 21.5 Å². The van der Waals surface area contributed by atoms with Crippen LogP contribution in [0.5, 0.6) is 0 Å². The zero-order chi connectivity index (χ0) is 19.6. The number of thioether (sulfide) groups is 1. The number of aryl methyl sites for hydroxylation is 1. The van der Waals surface area contributed by atoms with Crippen LogP contribution in [0.2, 0.25) is 0 Å². The van der Waals surface area contributed by atoms with Crippen molar-refractivity contribution in [1.29, 1.82) is 0 Å². The van der Waals surface area contributed by atoms with Crippen molar-refractivity contribution in [3.8, 4) is 0 Å². The van der Waals surface area contributed by atoms with Crippen molar-refractivity contribution in [2.45, 2.75) is 11.8 Å². The molecule has 0 saturated carbocycles. The number of anilines is 1. The summed E-state index contributed by atoms with van der Waals surface area (Å²) in [4.78, 5) is 27.7. The van der Waals surface area contributed by atoms with Gasteiger partial charge in [0.1, 0.15) is 5.58 Å². The molecular formula is C22H21NO3S. The number of fused-ring (bicyclic) bond motifs is 1. The highest BCUT2D eigenvalue weighted by atomic mass is 32.2. The maximum atomic E-state index is 12.3. The number of carbonyl (C=O) groups is 1. The van der Waals surface area contributed by atoms with Crippen LogP contribution < -0.4 is 10.5 Å². The number of carbonyl (C=O) groups excluding carboxylic acids is 1. The molecule has 0 aliphatic rings. The Balaban J connectivity index is 1.92. The van der Waals surface area contributed by atoms with Gasteiger partial charge in [-0.25, -0.2) is 4.79 Å². The molecule has 0 saturated heterocycles. The van der Waals surface area contributed by atoms with Crippen LogP contribution in [-0.4, -0.2) is 26.1 Å². The maximum absolute atomic E-state index is 12.3. The summed E-state index contributed by atoms with van der Waals surface area (Å²) in [7, 11) is 3.89. The Bertz CT molecular complexity index is 1080. The van der Waals surface area contributed by atoms with Crippen molar-refractivity contribution in [2.24, 2.45) is 0 Å². The number of allylic oxidation sites excluding steroid dienone is 1. The molecule has 0 N–H and O–H groups in total. The lowest BCUT2D eigenvalue weighted by atomic mass is 10.1. The van der Waals surface area contributed by atoms with Crippen LogP contribution in [0.3, 0.4) is 0 Å². The Labute approximate surface area is 162 Å². The van der Waals surface area contributed by atoms with Crippen LogP contribution >= 0.6 is 11.8 Å². The van der Waals surface area contributed by atoms with Crippen molar-refractivity contribution in [3.63, 3.8) is 0 Å². The van der Waals surface area contributed by atoms with E-state index in [1.165, 1.54) is 12.2 Å². The second kappa shape index (κ2) is 7.84. The average molecular weight is 379 g/mol. The third kappa shape index (κ3) is 4.14. The fraction of sp³-hybridized carbons (Fsp3) is 0.182. The van der Waals surface area contributed by atoms with Crippen LogP contribution in [0.4, 0.5) is 5.69 Å². The van der Waals surface area contributed by atoms with Crippen molar-refractivity contribution in [3.05, 3.63) is 75.7 Å². The molecule has 138 valence electrons. The lowest BCUT2D eigenvalue weighted by Gasteiger charge is -2.16. The molecule has 0 fully saturated rings. The van der Waals surface area contributed by atoms with E-state index in [-0.39, 0.29) is 5.78 Å². The third-order valence-corrected chi connectivity index (χ3v) is 5.09. The van der Waals surface area contributed by atoms with E-state index in [1.807, 2.05) is 56.4 Å². The number of nitrogens with zero attached hydrogens (tertiary/aromatic N) is 1. The zero-order valence-corrected chi connectivity index (χ0v) is 16.6. The number of ketones is 1. The standard InChI is InChI=1S/C22H21NO3S/c1-14-11-17-12-16(22(25)26-21(17)13-19(14)23(2)3)7-10-20(24)15-5-8-18(27-4)9-6-15/h5-13H,1-4H3/b10-7+. The van der Waals surface area contributed by atoms with Crippen LogP contribution in [0, 0.1) is 6.92 Å². The summed E-state index contributed by atoms with van der Waals surface area (Å²) in [5.41, 5.74) is 3.09. The van der Waals surface area contributed by atoms with Crippen LogP contribution in [0.15, 0.2) is 62.6 Å². The Morgan fingerprint density at radius 3 is 2.44 bits per heavy atom. The highest BCUT2D eigenvalue weighted by molar-refractivity contribution is 7.98. The number of benzene rings is 2. The van der Waals surface area contributed by atoms with Gasteiger partial charge in [-0.05, 0) is 67.3 Å². The van der Waals surface area contributed by atoms with Gasteiger partial charge in [-0.15, -0.1) is 11.8 Å². The van der Waals surface area contributed by atoms with Crippen LogP contribution in [-0.2, 0) is 0 Å². The molecule has 1 aromatic heterocycles. The van der Waals surface area contributed by atoms with E-state index in [0.717, 1.165) is 21.5 Å². The van der Waals surface area contributed by atoms with Gasteiger partial charge in [0.2, 0.25) is 0 Å². The van der Waals surface area contributed by atoms with Crippen molar-refractivity contribution < 1.29 is 9.21 Å². The Hall–Kier alpha value is -2.79. The topological polar surface area (TPSA) is 50.5 Å². The molecule has 2 aromatic carbocycles. The molecule has 0 aliphatic heterocycles. The number of rotatable bonds is 5. The van der Waals surface area contributed by atoms with E-state index >= 15 is 0 Å². The minimum Gasteiger partial charge on any atom is -0.422 e. The first-order chi connectivity index (χ1) is 12.9. The third-order valence-electron chi connectivity index (χ3n) is 4.35. The number of hydrogen-bond donors (Lipinski definition) is 0. The summed E-state index contributed by atoms with van der Waals surface area (Å²) in [5.74, 6) is -0.152. The monoisotopic (exact) mass is 379 g/mol. The molecule has 3 rings (SSSR count). The Morgan fingerprint density at radius 1 is 1.11 bits per heavy atom. The van der Waals surface area contributed by atoms with Crippen LogP contribution in [0.25, 0.3) is 17.0 Å². The smallest absolute Gasteiger partial charge is 0.343 e. The minimum absolute atomic E-state index is 0.152. The van der Waals surface area contributed by atoms with E-state index in [9.17, 15) is 9.59 Å². The van der Waals surface area contributed by atoms with Gasteiger partial charge in [0.15, 0.2) is 5.78 Å². The predicted octanol–water partition coefficient (Wildman–Crippen LogP) is 4.79. The first kappa shape index (κ1) is 19.0. The molecular weight excluding hydrogens is 358 g/mol. The maximum Gasteiger partial charge on any atom is 0.343 e. The fourth-order valence-corrected chi connectivity index (χ4v) is 3.31. The molecule has 3 aromatic rings. The van der Waals surface area contributed by atoms with Gasteiger partial charge in [-0.3, -0.25) is 4.79 Å². The molecule has 0 atom stereocenters. The second-order valence-corrected chi connectivity index (χ2v) is 7.37. The summed E-state index contributed by atoms with van der Waals surface area (Å²) in [5, 5.41) is 0.828. The quantitative estimate of drug-likeness (QED) is 0.276. The second-order valence-electron chi connectivity index (χ2n) is 6.49. The largest absolute Gasteiger partial charge is 0.422 e. The lowest BCUT2D eigenvalue weighted by Crippen LogP contribution is -2.10. The lowest BCUT2D eigenvalue weighted by molar-refractivity contribution is 0.104. The van der Waals surface area contributed by atoms with E-state index in [4.69, 9.17) is 4.42 Å². The molecule has 0 aliphatic carbocycles. The van der Waals surface area contributed by atoms with Crippen molar-refractivity contribution in [1.82, 2.24) is 0 Å². The minimum atomic E-state index is -0.460. The predicted molar refractivity (Wildman–Crippen MR) is 113 cm³/mol. The van der Waals surface area contributed by atoms with Gasteiger partial charge < -0.3 is 9.32 Å². The first-order valence-corrected chi connectivity index (χ1v) is 9.74. The highest BCUT2D eigenvalue weighted by Gasteiger charge is 2.09. The molecule has 5 heteroatoms. The highest BCUT2D eigenvalue weighted by Crippen LogP contribution is 2.25. The van der Waals surface area contributed by atoms with E-state index in [1.54, 1.807) is 30.0 Å². The van der Waals surface area contributed by atoms with E-state index in [2.05, 4.69) is 0 Å². The van der Waals surface area contributed by atoms with Gasteiger partial charge >= 0.3 is 5.63 Å². The number of hydrogen-bond acceptors (Lipinski definition) is 5. The average Bonchev–Trinajstić information content (AvgIpc) is 2.65. The van der Waals surface area contributed by atoms with Crippen molar-refractivity contribution in [2.75, 3.05) is 25.3 Å². The Morgan fingerprint density at radius 2 is 1.81 bits per heavy atom. The molecule has 0 bridgehead atoms.